The van der Waals surface area contributed by atoms with E-state index in [-0.39, 0.29) is 10.1 Å². The van der Waals surface area contributed by atoms with Crippen LogP contribution in [0.1, 0.15) is 15.2 Å². The number of nitrogens with one attached hydrogen (secondary N) is 2. The third-order valence-electron chi connectivity index (χ3n) is 2.61. The summed E-state index contributed by atoms with van der Waals surface area (Å²) in [6.07, 6.45) is 0. The second kappa shape index (κ2) is 5.64. The number of carbonyl (C=O) groups is 1. The zero-order valence-electron chi connectivity index (χ0n) is 11.0. The molecule has 2 N–H and O–H groups in total. The minimum absolute atomic E-state index is 0.215. The van der Waals surface area contributed by atoms with Crippen molar-refractivity contribution in [2.24, 2.45) is 0 Å². The maximum Gasteiger partial charge on any atom is 0.271 e. The van der Waals surface area contributed by atoms with Gasteiger partial charge in [-0.2, -0.15) is 0 Å². The molecule has 1 amide bonds. The van der Waals surface area contributed by atoms with Gasteiger partial charge in [0.1, 0.15) is 4.21 Å². The summed E-state index contributed by atoms with van der Waals surface area (Å²) in [6, 6.07) is 9.58. The van der Waals surface area contributed by atoms with Crippen molar-refractivity contribution in [1.29, 1.82) is 0 Å². The Labute approximate surface area is 121 Å². The molecule has 0 aliphatic rings. The van der Waals surface area contributed by atoms with Crippen LogP contribution in [-0.2, 0) is 10.0 Å². The van der Waals surface area contributed by atoms with E-state index < -0.39 is 10.0 Å². The van der Waals surface area contributed by atoms with Crippen molar-refractivity contribution in [3.8, 4) is 0 Å². The lowest BCUT2D eigenvalue weighted by molar-refractivity contribution is 0.0963. The Morgan fingerprint density at radius 1 is 1.10 bits per heavy atom. The fourth-order valence-electron chi connectivity index (χ4n) is 1.60. The Kier molecular flexibility index (Phi) is 4.10. The van der Waals surface area contributed by atoms with Gasteiger partial charge in [0.05, 0.1) is 0 Å². The average molecular weight is 310 g/mol. The van der Waals surface area contributed by atoms with Crippen LogP contribution in [0.15, 0.2) is 40.6 Å². The first-order valence-corrected chi connectivity index (χ1v) is 8.14. The normalized spacial score (nSPS) is 11.1. The Bertz CT molecular complexity index is 718. The number of thiophene rings is 1. The number of anilines is 1. The number of carbonyl (C=O) groups excluding carboxylic acids is 1. The van der Waals surface area contributed by atoms with Crippen LogP contribution in [-0.4, -0.2) is 21.4 Å². The van der Waals surface area contributed by atoms with E-state index in [1.165, 1.54) is 18.4 Å². The van der Waals surface area contributed by atoms with Crippen LogP contribution >= 0.6 is 11.3 Å². The molecule has 0 aliphatic heterocycles. The van der Waals surface area contributed by atoms with Crippen LogP contribution in [0.2, 0.25) is 0 Å². The number of hydrogen-bond acceptors (Lipinski definition) is 4. The van der Waals surface area contributed by atoms with E-state index in [1.54, 1.807) is 36.4 Å². The second-order valence-corrected chi connectivity index (χ2v) is 7.32. The highest BCUT2D eigenvalue weighted by molar-refractivity contribution is 7.94. The standard InChI is InChI=1S/C13H14N2O3S2/c1-9-3-8-12(19-9)20(17,18)15-11-6-4-10(5-7-11)13(16)14-2/h3-8,15H,1-2H3,(H,14,16). The lowest BCUT2D eigenvalue weighted by Gasteiger charge is -2.07. The molecule has 0 spiro atoms. The Balaban J connectivity index is 2.20. The summed E-state index contributed by atoms with van der Waals surface area (Å²) in [5, 5.41) is 2.50. The summed E-state index contributed by atoms with van der Waals surface area (Å²) >= 11 is 1.21. The maximum absolute atomic E-state index is 12.1. The minimum Gasteiger partial charge on any atom is -0.355 e. The minimum atomic E-state index is -3.56. The molecule has 0 aliphatic carbocycles. The fraction of sp³-hybridized carbons (Fsp3) is 0.154. The molecule has 7 heteroatoms. The topological polar surface area (TPSA) is 75.3 Å². The van der Waals surface area contributed by atoms with Crippen LogP contribution in [0.4, 0.5) is 5.69 Å². The van der Waals surface area contributed by atoms with Crippen molar-refractivity contribution in [1.82, 2.24) is 5.32 Å². The maximum atomic E-state index is 12.1. The van der Waals surface area contributed by atoms with E-state index in [0.717, 1.165) is 4.88 Å². The summed E-state index contributed by atoms with van der Waals surface area (Å²) in [4.78, 5) is 12.3. The van der Waals surface area contributed by atoms with Gasteiger partial charge in [0.25, 0.3) is 15.9 Å². The molecule has 106 valence electrons. The predicted octanol–water partition coefficient (Wildman–Crippen LogP) is 2.22. The molecule has 1 heterocycles. The van der Waals surface area contributed by atoms with Crippen molar-refractivity contribution in [3.63, 3.8) is 0 Å². The number of rotatable bonds is 4. The summed E-state index contributed by atoms with van der Waals surface area (Å²) in [6.45, 7) is 1.85. The summed E-state index contributed by atoms with van der Waals surface area (Å²) in [5.41, 5.74) is 0.895. The van der Waals surface area contributed by atoms with E-state index in [9.17, 15) is 13.2 Å². The van der Waals surface area contributed by atoms with Crippen LogP contribution in [0.25, 0.3) is 0 Å². The number of amides is 1. The van der Waals surface area contributed by atoms with E-state index in [1.807, 2.05) is 6.92 Å². The van der Waals surface area contributed by atoms with Crippen LogP contribution in [0, 0.1) is 6.92 Å². The molecular weight excluding hydrogens is 296 g/mol. The number of benzene rings is 1. The third kappa shape index (κ3) is 3.17. The number of sulfonamides is 1. The molecule has 0 atom stereocenters. The molecule has 20 heavy (non-hydrogen) atoms. The average Bonchev–Trinajstić information content (AvgIpc) is 2.86. The molecule has 1 aromatic carbocycles. The van der Waals surface area contributed by atoms with Gasteiger partial charge in [0, 0.05) is 23.2 Å². The van der Waals surface area contributed by atoms with Gasteiger partial charge in [0.2, 0.25) is 0 Å². The van der Waals surface area contributed by atoms with E-state index in [0.29, 0.717) is 11.3 Å². The molecule has 0 saturated heterocycles. The smallest absolute Gasteiger partial charge is 0.271 e. The first-order valence-electron chi connectivity index (χ1n) is 5.84. The molecule has 5 nitrogen and oxygen atoms in total. The van der Waals surface area contributed by atoms with Gasteiger partial charge in [-0.25, -0.2) is 8.42 Å². The largest absolute Gasteiger partial charge is 0.355 e. The van der Waals surface area contributed by atoms with E-state index >= 15 is 0 Å². The van der Waals surface area contributed by atoms with Gasteiger partial charge < -0.3 is 5.32 Å². The van der Waals surface area contributed by atoms with Crippen molar-refractivity contribution in [2.75, 3.05) is 11.8 Å². The predicted molar refractivity (Wildman–Crippen MR) is 79.7 cm³/mol. The highest BCUT2D eigenvalue weighted by Gasteiger charge is 2.16. The number of aryl methyl sites for hydroxylation is 1. The van der Waals surface area contributed by atoms with Gasteiger partial charge in [-0.1, -0.05) is 0 Å². The van der Waals surface area contributed by atoms with Crippen molar-refractivity contribution >= 4 is 33.0 Å². The quantitative estimate of drug-likeness (QED) is 0.909. The molecule has 1 aromatic heterocycles. The summed E-state index contributed by atoms with van der Waals surface area (Å²) < 4.78 is 27.0. The van der Waals surface area contributed by atoms with Crippen molar-refractivity contribution < 1.29 is 13.2 Å². The first kappa shape index (κ1) is 14.5. The fourth-order valence-corrected chi connectivity index (χ4v) is 3.94. The molecule has 2 aromatic rings. The van der Waals surface area contributed by atoms with E-state index in [2.05, 4.69) is 10.0 Å². The van der Waals surface area contributed by atoms with Crippen molar-refractivity contribution in [2.45, 2.75) is 11.1 Å². The molecular formula is C13H14N2O3S2. The third-order valence-corrected chi connectivity index (χ3v) is 5.48. The van der Waals surface area contributed by atoms with Gasteiger partial charge >= 0.3 is 0 Å². The zero-order chi connectivity index (χ0) is 14.8. The summed E-state index contributed by atoms with van der Waals surface area (Å²) in [7, 11) is -2.02. The first-order chi connectivity index (χ1) is 9.42. The van der Waals surface area contributed by atoms with Gasteiger partial charge in [0.15, 0.2) is 0 Å². The molecule has 0 fully saturated rings. The zero-order valence-corrected chi connectivity index (χ0v) is 12.6. The van der Waals surface area contributed by atoms with Crippen LogP contribution < -0.4 is 10.0 Å². The molecule has 0 bridgehead atoms. The van der Waals surface area contributed by atoms with E-state index in [4.69, 9.17) is 0 Å². The Morgan fingerprint density at radius 3 is 2.25 bits per heavy atom. The molecule has 2 rings (SSSR count). The molecule has 0 saturated carbocycles. The van der Waals surface area contributed by atoms with Crippen molar-refractivity contribution in [3.05, 3.63) is 46.8 Å². The lowest BCUT2D eigenvalue weighted by Crippen LogP contribution is -2.17. The Morgan fingerprint density at radius 2 is 1.75 bits per heavy atom. The van der Waals surface area contributed by atoms with Gasteiger partial charge in [-0.05, 0) is 43.3 Å². The van der Waals surface area contributed by atoms with Gasteiger partial charge in [-0.3, -0.25) is 9.52 Å². The highest BCUT2D eigenvalue weighted by atomic mass is 32.2. The molecule has 0 radical (unpaired) electrons. The Hall–Kier alpha value is -1.86. The van der Waals surface area contributed by atoms with Crippen LogP contribution in [0.3, 0.4) is 0 Å². The SMILES string of the molecule is CNC(=O)c1ccc(NS(=O)(=O)c2ccc(C)s2)cc1. The molecule has 0 unspecified atom stereocenters. The summed E-state index contributed by atoms with van der Waals surface area (Å²) in [5.74, 6) is -0.215. The highest BCUT2D eigenvalue weighted by Crippen LogP contribution is 2.23. The second-order valence-electron chi connectivity index (χ2n) is 4.13. The lowest BCUT2D eigenvalue weighted by atomic mass is 10.2. The number of hydrogen-bond donors (Lipinski definition) is 2. The monoisotopic (exact) mass is 310 g/mol. The van der Waals surface area contributed by atoms with Gasteiger partial charge in [-0.15, -0.1) is 11.3 Å². The van der Waals surface area contributed by atoms with Crippen LogP contribution in [0.5, 0.6) is 0 Å².